The molecule has 4 aromatic rings. The van der Waals surface area contributed by atoms with E-state index in [0.717, 1.165) is 17.1 Å². The van der Waals surface area contributed by atoms with E-state index >= 15 is 0 Å². The first kappa shape index (κ1) is 19.6. The summed E-state index contributed by atoms with van der Waals surface area (Å²) in [5.74, 6) is 0.882. The molecule has 0 bridgehead atoms. The van der Waals surface area contributed by atoms with Crippen LogP contribution in [0.1, 0.15) is 40.5 Å². The Morgan fingerprint density at radius 1 is 1.03 bits per heavy atom. The number of nitrogens with zero attached hydrogens (tertiary/aromatic N) is 3. The number of rotatable bonds is 5. The maximum atomic E-state index is 5.78. The Morgan fingerprint density at radius 2 is 1.84 bits per heavy atom. The van der Waals surface area contributed by atoms with Crippen LogP contribution in [0.25, 0.3) is 5.69 Å². The molecule has 6 heteroatoms. The van der Waals surface area contributed by atoms with Crippen LogP contribution < -0.4 is 5.32 Å². The average Bonchev–Trinajstić information content (AvgIpc) is 3.49. The summed E-state index contributed by atoms with van der Waals surface area (Å²) in [5.41, 5.74) is 5.75. The van der Waals surface area contributed by atoms with E-state index in [1.165, 1.54) is 17.0 Å². The molecule has 5 rings (SSSR count). The van der Waals surface area contributed by atoms with Crippen LogP contribution in [0.2, 0.25) is 0 Å². The lowest BCUT2D eigenvalue weighted by atomic mass is 9.96. The smallest absolute Gasteiger partial charge is 0.170 e. The van der Waals surface area contributed by atoms with Crippen molar-refractivity contribution in [2.75, 3.05) is 0 Å². The zero-order chi connectivity index (χ0) is 21.4. The van der Waals surface area contributed by atoms with Gasteiger partial charge in [-0.1, -0.05) is 24.3 Å². The number of nitrogens with one attached hydrogen (secondary N) is 1. The molecule has 0 aliphatic carbocycles. The van der Waals surface area contributed by atoms with Crippen LogP contribution in [0, 0.1) is 13.8 Å². The number of benzene rings is 1. The minimum atomic E-state index is -0.0478. The Morgan fingerprint density at radius 3 is 2.55 bits per heavy atom. The van der Waals surface area contributed by atoms with Crippen molar-refractivity contribution in [1.29, 1.82) is 0 Å². The first-order valence-corrected chi connectivity index (χ1v) is 10.8. The fourth-order valence-electron chi connectivity index (χ4n) is 4.55. The number of aromatic nitrogens is 2. The lowest BCUT2D eigenvalue weighted by Gasteiger charge is -2.27. The third-order valence-electron chi connectivity index (χ3n) is 5.91. The maximum Gasteiger partial charge on any atom is 0.170 e. The van der Waals surface area contributed by atoms with Gasteiger partial charge in [0.05, 0.1) is 30.6 Å². The summed E-state index contributed by atoms with van der Waals surface area (Å²) in [6.45, 7) is 4.93. The topological polar surface area (TPSA) is 46.2 Å². The van der Waals surface area contributed by atoms with Crippen molar-refractivity contribution in [3.8, 4) is 5.69 Å². The van der Waals surface area contributed by atoms with Crippen molar-refractivity contribution >= 4 is 17.3 Å². The van der Waals surface area contributed by atoms with Gasteiger partial charge < -0.3 is 19.2 Å². The third-order valence-corrected chi connectivity index (χ3v) is 6.26. The van der Waals surface area contributed by atoms with Crippen LogP contribution in [-0.2, 0) is 6.54 Å². The predicted molar refractivity (Wildman–Crippen MR) is 125 cm³/mol. The molecule has 1 aliphatic rings. The Bertz CT molecular complexity index is 1190. The van der Waals surface area contributed by atoms with Gasteiger partial charge in [0.2, 0.25) is 0 Å². The molecule has 2 atom stereocenters. The van der Waals surface area contributed by atoms with E-state index in [1.54, 1.807) is 6.26 Å². The van der Waals surface area contributed by atoms with Gasteiger partial charge in [-0.05, 0) is 74.1 Å². The summed E-state index contributed by atoms with van der Waals surface area (Å²) in [4.78, 5) is 6.85. The zero-order valence-corrected chi connectivity index (χ0v) is 18.3. The Balaban J connectivity index is 1.62. The number of hydrogen-bond donors (Lipinski definition) is 1. The third kappa shape index (κ3) is 3.53. The van der Waals surface area contributed by atoms with Gasteiger partial charge in [0.25, 0.3) is 0 Å². The molecule has 0 spiro atoms. The second kappa shape index (κ2) is 8.04. The van der Waals surface area contributed by atoms with Crippen LogP contribution in [0.15, 0.2) is 83.6 Å². The molecule has 1 fully saturated rings. The first-order valence-electron chi connectivity index (χ1n) is 10.4. The van der Waals surface area contributed by atoms with Crippen LogP contribution >= 0.6 is 12.2 Å². The van der Waals surface area contributed by atoms with Crippen LogP contribution in [0.4, 0.5) is 0 Å². The molecule has 0 saturated carbocycles. The number of pyridine rings is 1. The van der Waals surface area contributed by atoms with Gasteiger partial charge in [-0.2, -0.15) is 0 Å². The van der Waals surface area contributed by atoms with Crippen molar-refractivity contribution in [3.05, 3.63) is 108 Å². The molecule has 5 nitrogen and oxygen atoms in total. The summed E-state index contributed by atoms with van der Waals surface area (Å²) < 4.78 is 7.95. The minimum Gasteiger partial charge on any atom is -0.467 e. The van der Waals surface area contributed by atoms with E-state index in [2.05, 4.69) is 70.0 Å². The fraction of sp³-hybridized carbons (Fsp3) is 0.200. The standard InChI is InChI=1S/C25H24N4OS/c1-17-15-21(18(2)29(17)19-9-4-3-5-10-19)24-23(22-12-6-7-13-26-22)27-25(31)28(24)16-20-11-8-14-30-20/h3-15,23-24H,16H2,1-2H3,(H,27,31)/t23-,24-/m0/s1. The Hall–Kier alpha value is -3.38. The summed E-state index contributed by atoms with van der Waals surface area (Å²) >= 11 is 5.78. The monoisotopic (exact) mass is 428 g/mol. The number of aryl methyl sites for hydroxylation is 1. The number of furan rings is 1. The zero-order valence-electron chi connectivity index (χ0n) is 17.5. The highest BCUT2D eigenvalue weighted by Crippen LogP contribution is 2.42. The van der Waals surface area contributed by atoms with Crippen LogP contribution in [0.5, 0.6) is 0 Å². The van der Waals surface area contributed by atoms with Crippen molar-refractivity contribution in [2.24, 2.45) is 0 Å². The van der Waals surface area contributed by atoms with Crippen molar-refractivity contribution in [3.63, 3.8) is 0 Å². The van der Waals surface area contributed by atoms with Gasteiger partial charge in [0, 0.05) is 23.3 Å². The Labute approximate surface area is 187 Å². The van der Waals surface area contributed by atoms with E-state index in [0.29, 0.717) is 11.7 Å². The molecule has 1 N–H and O–H groups in total. The average molecular weight is 429 g/mol. The van der Waals surface area contributed by atoms with E-state index in [4.69, 9.17) is 16.6 Å². The summed E-state index contributed by atoms with van der Waals surface area (Å²) in [5, 5.41) is 4.23. The van der Waals surface area contributed by atoms with Crippen LogP contribution in [0.3, 0.4) is 0 Å². The van der Waals surface area contributed by atoms with Gasteiger partial charge in [0.15, 0.2) is 5.11 Å². The number of hydrogen-bond acceptors (Lipinski definition) is 3. The molecular weight excluding hydrogens is 404 g/mol. The minimum absolute atomic E-state index is 0.00355. The molecule has 0 amide bonds. The number of para-hydroxylation sites is 1. The van der Waals surface area contributed by atoms with Crippen molar-refractivity contribution in [1.82, 2.24) is 19.8 Å². The van der Waals surface area contributed by atoms with Gasteiger partial charge in [-0.3, -0.25) is 4.98 Å². The van der Waals surface area contributed by atoms with Crippen molar-refractivity contribution in [2.45, 2.75) is 32.5 Å². The lowest BCUT2D eigenvalue weighted by molar-refractivity contribution is 0.286. The highest BCUT2D eigenvalue weighted by atomic mass is 32.1. The molecule has 0 unspecified atom stereocenters. The summed E-state index contributed by atoms with van der Waals surface area (Å²) in [6.07, 6.45) is 3.54. The lowest BCUT2D eigenvalue weighted by Crippen LogP contribution is -2.29. The van der Waals surface area contributed by atoms with Crippen molar-refractivity contribution < 1.29 is 4.42 Å². The van der Waals surface area contributed by atoms with Crippen LogP contribution in [-0.4, -0.2) is 19.6 Å². The predicted octanol–water partition coefficient (Wildman–Crippen LogP) is 5.25. The molecule has 31 heavy (non-hydrogen) atoms. The highest BCUT2D eigenvalue weighted by molar-refractivity contribution is 7.80. The summed E-state index contributed by atoms with van der Waals surface area (Å²) in [7, 11) is 0. The fourth-order valence-corrected chi connectivity index (χ4v) is 4.85. The SMILES string of the molecule is Cc1cc([C@H]2[C@H](c3ccccn3)NC(=S)N2Cc2ccco2)c(C)n1-c1ccccc1. The number of thiocarbonyl (C=S) groups is 1. The normalized spacial score (nSPS) is 18.4. The van der Waals surface area contributed by atoms with E-state index in [1.807, 2.05) is 36.5 Å². The Kier molecular flexibility index (Phi) is 5.08. The molecular formula is C25H24N4OS. The maximum absolute atomic E-state index is 5.78. The highest BCUT2D eigenvalue weighted by Gasteiger charge is 2.41. The van der Waals surface area contributed by atoms with E-state index in [-0.39, 0.29) is 12.1 Å². The first-order chi connectivity index (χ1) is 15.1. The molecule has 1 saturated heterocycles. The van der Waals surface area contributed by atoms with Gasteiger partial charge in [-0.25, -0.2) is 0 Å². The molecule has 156 valence electrons. The van der Waals surface area contributed by atoms with E-state index < -0.39 is 0 Å². The second-order valence-electron chi connectivity index (χ2n) is 7.83. The largest absolute Gasteiger partial charge is 0.467 e. The summed E-state index contributed by atoms with van der Waals surface area (Å²) in [6, 6.07) is 22.6. The van der Waals surface area contributed by atoms with Gasteiger partial charge in [-0.15, -0.1) is 0 Å². The quantitative estimate of drug-likeness (QED) is 0.440. The molecule has 1 aromatic carbocycles. The molecule has 1 aliphatic heterocycles. The van der Waals surface area contributed by atoms with Gasteiger partial charge >= 0.3 is 0 Å². The second-order valence-corrected chi connectivity index (χ2v) is 8.22. The molecule has 3 aromatic heterocycles. The molecule has 0 radical (unpaired) electrons. The van der Waals surface area contributed by atoms with E-state index in [9.17, 15) is 0 Å². The molecule has 4 heterocycles. The van der Waals surface area contributed by atoms with Gasteiger partial charge in [0.1, 0.15) is 5.76 Å².